The molecular formula is C19H15LiO4. The van der Waals surface area contributed by atoms with Crippen molar-refractivity contribution in [2.24, 2.45) is 0 Å². The van der Waals surface area contributed by atoms with Crippen molar-refractivity contribution in [1.29, 1.82) is 0 Å². The van der Waals surface area contributed by atoms with E-state index in [0.717, 1.165) is 0 Å². The van der Waals surface area contributed by atoms with Gasteiger partial charge in [0.15, 0.2) is 0 Å². The van der Waals surface area contributed by atoms with Gasteiger partial charge in [0.05, 0.1) is 0 Å². The van der Waals surface area contributed by atoms with Gasteiger partial charge in [-0.1, -0.05) is 42.5 Å². The first kappa shape index (κ1) is 17.7. The second kappa shape index (κ2) is 8.26. The molecule has 0 aliphatic heterocycles. The van der Waals surface area contributed by atoms with Gasteiger partial charge in [-0.2, -0.15) is 0 Å². The molecule has 24 heavy (non-hydrogen) atoms. The van der Waals surface area contributed by atoms with Crippen LogP contribution in [-0.2, 0) is 0 Å². The first-order valence-electron chi connectivity index (χ1n) is 7.06. The Morgan fingerprint density at radius 2 is 1.08 bits per heavy atom. The second-order valence-corrected chi connectivity index (χ2v) is 4.76. The number of benzene rings is 3. The Bertz CT molecular complexity index is 744. The standard InChI is InChI=1S/C19H14O4.Li.H/c20-19(21)18-16(22-14-8-3-1-4-9-14)12-7-13-17(18)23-15-10-5-2-6-11-15;;/h1-13H,(H,20,21);;. The molecule has 0 amide bonds. The summed E-state index contributed by atoms with van der Waals surface area (Å²) >= 11 is 0. The predicted molar refractivity (Wildman–Crippen MR) is 93.6 cm³/mol. The number of para-hydroxylation sites is 2. The molecule has 4 nitrogen and oxygen atoms in total. The van der Waals surface area contributed by atoms with Crippen molar-refractivity contribution in [3.63, 3.8) is 0 Å². The Labute approximate surface area is 151 Å². The fourth-order valence-corrected chi connectivity index (χ4v) is 2.12. The van der Waals surface area contributed by atoms with Gasteiger partial charge in [0.1, 0.15) is 28.6 Å². The molecule has 116 valence electrons. The second-order valence-electron chi connectivity index (χ2n) is 4.76. The molecular weight excluding hydrogens is 299 g/mol. The van der Waals surface area contributed by atoms with Gasteiger partial charge < -0.3 is 14.6 Å². The fourth-order valence-electron chi connectivity index (χ4n) is 2.12. The van der Waals surface area contributed by atoms with Crippen molar-refractivity contribution in [2.45, 2.75) is 0 Å². The number of carbonyl (C=O) groups is 1. The van der Waals surface area contributed by atoms with E-state index in [1.54, 1.807) is 42.5 Å². The van der Waals surface area contributed by atoms with Gasteiger partial charge in [-0.3, -0.25) is 0 Å². The van der Waals surface area contributed by atoms with E-state index >= 15 is 0 Å². The number of rotatable bonds is 5. The van der Waals surface area contributed by atoms with Crippen molar-refractivity contribution in [1.82, 2.24) is 0 Å². The van der Waals surface area contributed by atoms with Crippen LogP contribution in [0.1, 0.15) is 10.4 Å². The van der Waals surface area contributed by atoms with E-state index in [1.165, 1.54) is 0 Å². The van der Waals surface area contributed by atoms with Crippen molar-refractivity contribution in [2.75, 3.05) is 0 Å². The maximum absolute atomic E-state index is 11.7. The number of hydrogen-bond acceptors (Lipinski definition) is 3. The van der Waals surface area contributed by atoms with Crippen LogP contribution in [0.5, 0.6) is 23.0 Å². The summed E-state index contributed by atoms with van der Waals surface area (Å²) in [7, 11) is 0. The van der Waals surface area contributed by atoms with Crippen LogP contribution in [0, 0.1) is 0 Å². The zero-order chi connectivity index (χ0) is 16.1. The molecule has 0 saturated carbocycles. The Kier molecular flexibility index (Phi) is 6.08. The summed E-state index contributed by atoms with van der Waals surface area (Å²) in [4.78, 5) is 11.7. The monoisotopic (exact) mass is 314 g/mol. The molecule has 3 rings (SSSR count). The van der Waals surface area contributed by atoms with Crippen LogP contribution in [-0.4, -0.2) is 29.9 Å². The van der Waals surface area contributed by atoms with Crippen LogP contribution in [0.2, 0.25) is 0 Å². The topological polar surface area (TPSA) is 55.8 Å². The van der Waals surface area contributed by atoms with Crippen molar-refractivity contribution >= 4 is 24.8 Å². The molecule has 3 aromatic rings. The molecule has 0 heterocycles. The summed E-state index contributed by atoms with van der Waals surface area (Å²) in [5.41, 5.74) is -0.0137. The van der Waals surface area contributed by atoms with E-state index in [-0.39, 0.29) is 35.9 Å². The molecule has 0 bridgehead atoms. The van der Waals surface area contributed by atoms with Crippen LogP contribution in [0.25, 0.3) is 0 Å². The Morgan fingerprint density at radius 3 is 1.46 bits per heavy atom. The zero-order valence-electron chi connectivity index (χ0n) is 12.2. The van der Waals surface area contributed by atoms with Gasteiger partial charge >= 0.3 is 24.8 Å². The average Bonchev–Trinajstić information content (AvgIpc) is 2.56. The first-order chi connectivity index (χ1) is 11.2. The van der Waals surface area contributed by atoms with Crippen molar-refractivity contribution < 1.29 is 19.4 Å². The van der Waals surface area contributed by atoms with Crippen LogP contribution >= 0.6 is 0 Å². The molecule has 3 aromatic carbocycles. The summed E-state index contributed by atoms with van der Waals surface area (Å²) < 4.78 is 11.4. The molecule has 0 saturated heterocycles. The summed E-state index contributed by atoms with van der Waals surface area (Å²) in [5, 5.41) is 9.54. The first-order valence-corrected chi connectivity index (χ1v) is 7.06. The van der Waals surface area contributed by atoms with Gasteiger partial charge in [-0.15, -0.1) is 0 Å². The molecule has 5 heteroatoms. The maximum atomic E-state index is 11.7. The molecule has 0 aliphatic carbocycles. The van der Waals surface area contributed by atoms with Crippen molar-refractivity contribution in [3.05, 3.63) is 84.4 Å². The Morgan fingerprint density at radius 1 is 0.667 bits per heavy atom. The normalized spacial score (nSPS) is 9.67. The van der Waals surface area contributed by atoms with Gasteiger partial charge in [0.2, 0.25) is 0 Å². The van der Waals surface area contributed by atoms with Crippen LogP contribution in [0.3, 0.4) is 0 Å². The van der Waals surface area contributed by atoms with Crippen LogP contribution < -0.4 is 9.47 Å². The minimum absolute atomic E-state index is 0. The summed E-state index contributed by atoms with van der Waals surface area (Å²) in [6, 6.07) is 22.9. The number of hydrogen-bond donors (Lipinski definition) is 1. The minimum atomic E-state index is -1.11. The van der Waals surface area contributed by atoms with E-state index < -0.39 is 5.97 Å². The molecule has 0 atom stereocenters. The SMILES string of the molecule is O=C(O)c1c(Oc2ccccc2)cccc1Oc1ccccc1.[LiH]. The van der Waals surface area contributed by atoms with Gasteiger partial charge in [0.25, 0.3) is 0 Å². The number of carboxylic acids is 1. The van der Waals surface area contributed by atoms with Gasteiger partial charge in [0, 0.05) is 0 Å². The van der Waals surface area contributed by atoms with E-state index in [2.05, 4.69) is 0 Å². The molecule has 0 radical (unpaired) electrons. The summed E-state index contributed by atoms with van der Waals surface area (Å²) in [6.45, 7) is 0. The average molecular weight is 314 g/mol. The quantitative estimate of drug-likeness (QED) is 0.713. The fraction of sp³-hybridized carbons (Fsp3) is 0. The molecule has 0 fully saturated rings. The third-order valence-electron chi connectivity index (χ3n) is 3.14. The van der Waals surface area contributed by atoms with E-state index in [9.17, 15) is 9.90 Å². The Hall–Kier alpha value is -2.67. The van der Waals surface area contributed by atoms with Gasteiger partial charge in [-0.05, 0) is 36.4 Å². The Balaban J connectivity index is 0.00000208. The summed E-state index contributed by atoms with van der Waals surface area (Å²) in [5.74, 6) is 0.482. The number of carboxylic acid groups (broad SMARTS) is 1. The van der Waals surface area contributed by atoms with E-state index in [0.29, 0.717) is 11.5 Å². The molecule has 0 aromatic heterocycles. The number of aromatic carboxylic acids is 1. The molecule has 0 spiro atoms. The zero-order valence-corrected chi connectivity index (χ0v) is 12.2. The van der Waals surface area contributed by atoms with Crippen LogP contribution in [0.4, 0.5) is 0 Å². The summed E-state index contributed by atoms with van der Waals surface area (Å²) in [6.07, 6.45) is 0. The van der Waals surface area contributed by atoms with Crippen LogP contribution in [0.15, 0.2) is 78.9 Å². The third kappa shape index (κ3) is 4.20. The van der Waals surface area contributed by atoms with Gasteiger partial charge in [-0.25, -0.2) is 4.79 Å². The third-order valence-corrected chi connectivity index (χ3v) is 3.14. The number of ether oxygens (including phenoxy) is 2. The van der Waals surface area contributed by atoms with E-state index in [4.69, 9.17) is 9.47 Å². The van der Waals surface area contributed by atoms with Crippen molar-refractivity contribution in [3.8, 4) is 23.0 Å². The predicted octanol–water partition coefficient (Wildman–Crippen LogP) is 4.32. The molecule has 0 unspecified atom stereocenters. The molecule has 0 aliphatic rings. The molecule has 1 N–H and O–H groups in total. The van der Waals surface area contributed by atoms with E-state index in [1.807, 2.05) is 36.4 Å².